The average molecular weight is 245 g/mol. The summed E-state index contributed by atoms with van der Waals surface area (Å²) in [5.74, 6) is 1.40. The third-order valence-electron chi connectivity index (χ3n) is 2.29. The molecule has 0 aliphatic heterocycles. The van der Waals surface area contributed by atoms with Gasteiger partial charge in [0.15, 0.2) is 5.82 Å². The van der Waals surface area contributed by atoms with Crippen molar-refractivity contribution < 1.29 is 9.47 Å². The van der Waals surface area contributed by atoms with Crippen LogP contribution in [0.1, 0.15) is 0 Å². The molecule has 94 valence electrons. The molecule has 0 fully saturated rings. The second-order valence-electron chi connectivity index (χ2n) is 3.66. The normalized spacial score (nSPS) is 10.3. The lowest BCUT2D eigenvalue weighted by Crippen LogP contribution is -2.07. The largest absolute Gasteiger partial charge is 0.475 e. The third kappa shape index (κ3) is 3.18. The monoisotopic (exact) mass is 245 g/mol. The topological polar surface area (TPSA) is 70.3 Å². The van der Waals surface area contributed by atoms with Crippen molar-refractivity contribution in [1.82, 2.24) is 9.97 Å². The molecule has 0 bridgehead atoms. The molecule has 0 unspecified atom stereocenters. The van der Waals surface area contributed by atoms with Crippen LogP contribution in [0.3, 0.4) is 0 Å². The number of nitrogen functional groups attached to an aromatic ring is 1. The minimum absolute atomic E-state index is 0.385. The van der Waals surface area contributed by atoms with Gasteiger partial charge in [0.25, 0.3) is 0 Å². The standard InChI is InChI=1S/C13H15N3O2/c1-17-7-8-18-12-9-11(14)15-13(16-12)10-5-3-2-4-6-10/h2-6,9H,7-8H2,1H3,(H2,14,15,16). The Bertz CT molecular complexity index is 503. The quantitative estimate of drug-likeness (QED) is 0.813. The molecule has 1 heterocycles. The molecule has 0 amide bonds. The van der Waals surface area contributed by atoms with E-state index < -0.39 is 0 Å². The van der Waals surface area contributed by atoms with Crippen molar-refractivity contribution in [3.05, 3.63) is 36.4 Å². The zero-order valence-electron chi connectivity index (χ0n) is 10.2. The first kappa shape index (κ1) is 12.3. The van der Waals surface area contributed by atoms with Gasteiger partial charge in [-0.3, -0.25) is 0 Å². The van der Waals surface area contributed by atoms with E-state index in [1.807, 2.05) is 30.3 Å². The zero-order chi connectivity index (χ0) is 12.8. The van der Waals surface area contributed by atoms with Crippen molar-refractivity contribution in [2.75, 3.05) is 26.1 Å². The van der Waals surface area contributed by atoms with Crippen LogP contribution in [0.4, 0.5) is 5.82 Å². The lowest BCUT2D eigenvalue weighted by atomic mass is 10.2. The molecule has 5 nitrogen and oxygen atoms in total. The Morgan fingerprint density at radius 2 is 1.89 bits per heavy atom. The van der Waals surface area contributed by atoms with Crippen molar-refractivity contribution in [1.29, 1.82) is 0 Å². The second kappa shape index (κ2) is 5.97. The highest BCUT2D eigenvalue weighted by Gasteiger charge is 2.05. The highest BCUT2D eigenvalue weighted by atomic mass is 16.5. The number of hydrogen-bond donors (Lipinski definition) is 1. The smallest absolute Gasteiger partial charge is 0.219 e. The Kier molecular flexibility index (Phi) is 4.09. The van der Waals surface area contributed by atoms with Gasteiger partial charge in [0, 0.05) is 18.7 Å². The van der Waals surface area contributed by atoms with Gasteiger partial charge in [-0.15, -0.1) is 0 Å². The van der Waals surface area contributed by atoms with Crippen molar-refractivity contribution in [3.63, 3.8) is 0 Å². The lowest BCUT2D eigenvalue weighted by molar-refractivity contribution is 0.144. The van der Waals surface area contributed by atoms with E-state index in [1.54, 1.807) is 13.2 Å². The van der Waals surface area contributed by atoms with Crippen LogP contribution < -0.4 is 10.5 Å². The fourth-order valence-electron chi connectivity index (χ4n) is 1.46. The van der Waals surface area contributed by atoms with Crippen LogP contribution in [0.15, 0.2) is 36.4 Å². The van der Waals surface area contributed by atoms with Gasteiger partial charge in [0.05, 0.1) is 6.61 Å². The zero-order valence-corrected chi connectivity index (χ0v) is 10.2. The number of nitrogens with two attached hydrogens (primary N) is 1. The fraction of sp³-hybridized carbons (Fsp3) is 0.231. The van der Waals surface area contributed by atoms with Gasteiger partial charge < -0.3 is 15.2 Å². The predicted octanol–water partition coefficient (Wildman–Crippen LogP) is 1.75. The minimum Gasteiger partial charge on any atom is -0.475 e. The Morgan fingerprint density at radius 3 is 2.61 bits per heavy atom. The number of ether oxygens (including phenoxy) is 2. The molecule has 0 spiro atoms. The maximum absolute atomic E-state index is 5.74. The summed E-state index contributed by atoms with van der Waals surface area (Å²) in [5, 5.41) is 0. The van der Waals surface area contributed by atoms with Crippen LogP contribution >= 0.6 is 0 Å². The second-order valence-corrected chi connectivity index (χ2v) is 3.66. The van der Waals surface area contributed by atoms with Gasteiger partial charge in [-0.1, -0.05) is 30.3 Å². The molecule has 2 rings (SSSR count). The number of benzene rings is 1. The van der Waals surface area contributed by atoms with Gasteiger partial charge >= 0.3 is 0 Å². The number of hydrogen-bond acceptors (Lipinski definition) is 5. The van der Waals surface area contributed by atoms with Crippen molar-refractivity contribution in [2.45, 2.75) is 0 Å². The number of methoxy groups -OCH3 is 1. The van der Waals surface area contributed by atoms with E-state index in [-0.39, 0.29) is 0 Å². The first-order valence-electron chi connectivity index (χ1n) is 5.61. The Morgan fingerprint density at radius 1 is 1.11 bits per heavy atom. The first-order valence-corrected chi connectivity index (χ1v) is 5.61. The number of anilines is 1. The highest BCUT2D eigenvalue weighted by molar-refractivity contribution is 5.57. The SMILES string of the molecule is COCCOc1cc(N)nc(-c2ccccc2)n1. The van der Waals surface area contributed by atoms with Gasteiger partial charge in [-0.25, -0.2) is 4.98 Å². The van der Waals surface area contributed by atoms with E-state index in [2.05, 4.69) is 9.97 Å². The fourth-order valence-corrected chi connectivity index (χ4v) is 1.46. The van der Waals surface area contributed by atoms with Crippen LogP contribution in [0.25, 0.3) is 11.4 Å². The van der Waals surface area contributed by atoms with Gasteiger partial charge in [0.2, 0.25) is 5.88 Å². The Balaban J connectivity index is 2.21. The van der Waals surface area contributed by atoms with Crippen molar-refractivity contribution in [3.8, 4) is 17.3 Å². The maximum Gasteiger partial charge on any atom is 0.219 e. The molecule has 2 aromatic rings. The third-order valence-corrected chi connectivity index (χ3v) is 2.29. The lowest BCUT2D eigenvalue weighted by Gasteiger charge is -2.07. The molecular formula is C13H15N3O2. The number of nitrogens with zero attached hydrogens (tertiary/aromatic N) is 2. The van der Waals surface area contributed by atoms with E-state index in [1.165, 1.54) is 0 Å². The van der Waals surface area contributed by atoms with Crippen LogP contribution in [-0.4, -0.2) is 30.3 Å². The van der Waals surface area contributed by atoms with Gasteiger partial charge in [0.1, 0.15) is 12.4 Å². The summed E-state index contributed by atoms with van der Waals surface area (Å²) >= 11 is 0. The molecular weight excluding hydrogens is 230 g/mol. The molecule has 0 atom stereocenters. The summed E-state index contributed by atoms with van der Waals surface area (Å²) in [6.45, 7) is 0.936. The van der Waals surface area contributed by atoms with Crippen LogP contribution in [0, 0.1) is 0 Å². The molecule has 0 aliphatic carbocycles. The summed E-state index contributed by atoms with van der Waals surface area (Å²) in [6, 6.07) is 11.2. The summed E-state index contributed by atoms with van der Waals surface area (Å²) in [4.78, 5) is 8.49. The van der Waals surface area contributed by atoms with E-state index in [0.717, 1.165) is 5.56 Å². The molecule has 1 aromatic carbocycles. The molecule has 0 saturated heterocycles. The molecule has 2 N–H and O–H groups in total. The van der Waals surface area contributed by atoms with E-state index in [0.29, 0.717) is 30.7 Å². The minimum atomic E-state index is 0.385. The Hall–Kier alpha value is -2.14. The van der Waals surface area contributed by atoms with Gasteiger partial charge in [-0.05, 0) is 0 Å². The summed E-state index contributed by atoms with van der Waals surface area (Å²) in [5.41, 5.74) is 6.64. The maximum atomic E-state index is 5.74. The average Bonchev–Trinajstić information content (AvgIpc) is 2.39. The molecule has 5 heteroatoms. The first-order chi connectivity index (χ1) is 8.79. The van der Waals surface area contributed by atoms with E-state index >= 15 is 0 Å². The predicted molar refractivity (Wildman–Crippen MR) is 69.3 cm³/mol. The van der Waals surface area contributed by atoms with Crippen molar-refractivity contribution >= 4 is 5.82 Å². The summed E-state index contributed by atoms with van der Waals surface area (Å²) in [6.07, 6.45) is 0. The van der Waals surface area contributed by atoms with Gasteiger partial charge in [-0.2, -0.15) is 4.98 Å². The number of aromatic nitrogens is 2. The van der Waals surface area contributed by atoms with Crippen molar-refractivity contribution in [2.24, 2.45) is 0 Å². The Labute approximate surface area is 106 Å². The van der Waals surface area contributed by atoms with Crippen LogP contribution in [0.5, 0.6) is 5.88 Å². The van der Waals surface area contributed by atoms with E-state index in [9.17, 15) is 0 Å². The number of rotatable bonds is 5. The molecule has 0 saturated carbocycles. The van der Waals surface area contributed by atoms with Crippen LogP contribution in [-0.2, 0) is 4.74 Å². The molecule has 0 radical (unpaired) electrons. The molecule has 18 heavy (non-hydrogen) atoms. The highest BCUT2D eigenvalue weighted by Crippen LogP contribution is 2.19. The molecule has 1 aromatic heterocycles. The van der Waals surface area contributed by atoms with E-state index in [4.69, 9.17) is 15.2 Å². The molecule has 0 aliphatic rings. The summed E-state index contributed by atoms with van der Waals surface area (Å²) in [7, 11) is 1.62. The summed E-state index contributed by atoms with van der Waals surface area (Å²) < 4.78 is 10.3. The van der Waals surface area contributed by atoms with Crippen LogP contribution in [0.2, 0.25) is 0 Å².